The van der Waals surface area contributed by atoms with Crippen molar-refractivity contribution in [3.63, 3.8) is 0 Å². The van der Waals surface area contributed by atoms with E-state index in [9.17, 15) is 8.42 Å². The zero-order chi connectivity index (χ0) is 10.3. The fraction of sp³-hybridized carbons (Fsp3) is 0. The van der Waals surface area contributed by atoms with Crippen LogP contribution < -0.4 is 0 Å². The van der Waals surface area contributed by atoms with Gasteiger partial charge in [-0.2, -0.15) is 0 Å². The SMILES string of the molecule is O=S(=O)(Cl)c1c(I)sc2ccccc12. The Morgan fingerprint density at radius 2 is 1.93 bits per heavy atom. The molecule has 0 saturated heterocycles. The van der Waals surface area contributed by atoms with Gasteiger partial charge in [0.15, 0.2) is 0 Å². The van der Waals surface area contributed by atoms with Crippen LogP contribution in [0.2, 0.25) is 0 Å². The Morgan fingerprint density at radius 1 is 1.29 bits per heavy atom. The molecule has 1 heterocycles. The summed E-state index contributed by atoms with van der Waals surface area (Å²) in [5.41, 5.74) is 0. The van der Waals surface area contributed by atoms with Crippen LogP contribution in [0.4, 0.5) is 0 Å². The smallest absolute Gasteiger partial charge is 0.207 e. The maximum atomic E-state index is 11.3. The molecule has 2 rings (SSSR count). The summed E-state index contributed by atoms with van der Waals surface area (Å²) in [7, 11) is 1.72. The molecule has 0 amide bonds. The normalized spacial score (nSPS) is 12.1. The predicted octanol–water partition coefficient (Wildman–Crippen LogP) is 3.43. The maximum Gasteiger partial charge on any atom is 0.263 e. The monoisotopic (exact) mass is 358 g/mol. The first kappa shape index (κ1) is 10.7. The third-order valence-corrected chi connectivity index (χ3v) is 5.78. The van der Waals surface area contributed by atoms with Gasteiger partial charge in [-0.05, 0) is 28.7 Å². The second-order valence-corrected chi connectivity index (χ2v) is 8.00. The molecule has 0 aliphatic carbocycles. The molecule has 1 aromatic heterocycles. The van der Waals surface area contributed by atoms with E-state index in [0.29, 0.717) is 8.27 Å². The lowest BCUT2D eigenvalue weighted by Crippen LogP contribution is -1.90. The van der Waals surface area contributed by atoms with Crippen molar-refractivity contribution in [3.05, 3.63) is 27.1 Å². The van der Waals surface area contributed by atoms with Gasteiger partial charge in [0, 0.05) is 20.8 Å². The van der Waals surface area contributed by atoms with Crippen LogP contribution in [0.25, 0.3) is 10.1 Å². The Balaban J connectivity index is 2.95. The zero-order valence-electron chi connectivity index (χ0n) is 6.70. The van der Waals surface area contributed by atoms with Gasteiger partial charge in [0.05, 0.1) is 2.88 Å². The average molecular weight is 359 g/mol. The van der Waals surface area contributed by atoms with Crippen molar-refractivity contribution in [1.29, 1.82) is 0 Å². The topological polar surface area (TPSA) is 34.1 Å². The Labute approximate surface area is 103 Å². The van der Waals surface area contributed by atoms with Crippen molar-refractivity contribution < 1.29 is 8.42 Å². The highest BCUT2D eigenvalue weighted by molar-refractivity contribution is 14.1. The minimum absolute atomic E-state index is 0.236. The lowest BCUT2D eigenvalue weighted by Gasteiger charge is -1.93. The molecule has 0 aliphatic heterocycles. The van der Waals surface area contributed by atoms with Crippen LogP contribution in [0.3, 0.4) is 0 Å². The summed E-state index contributed by atoms with van der Waals surface area (Å²) in [5, 5.41) is 0.705. The number of hydrogen-bond donors (Lipinski definition) is 0. The van der Waals surface area contributed by atoms with Crippen molar-refractivity contribution in [3.8, 4) is 0 Å². The molecule has 14 heavy (non-hydrogen) atoms. The molecule has 0 atom stereocenters. The molecular formula is C8H4ClIO2S2. The van der Waals surface area contributed by atoms with Gasteiger partial charge in [-0.15, -0.1) is 11.3 Å². The van der Waals surface area contributed by atoms with Gasteiger partial charge in [-0.25, -0.2) is 8.42 Å². The number of thiophene rings is 1. The summed E-state index contributed by atoms with van der Waals surface area (Å²) < 4.78 is 24.2. The first-order chi connectivity index (χ1) is 6.50. The first-order valence-electron chi connectivity index (χ1n) is 3.62. The summed E-state index contributed by atoms with van der Waals surface area (Å²) in [4.78, 5) is 0.236. The molecule has 0 radical (unpaired) electrons. The highest BCUT2D eigenvalue weighted by Gasteiger charge is 2.20. The lowest BCUT2D eigenvalue weighted by molar-refractivity contribution is 0.610. The molecule has 2 nitrogen and oxygen atoms in total. The standard InChI is InChI=1S/C8H4ClIO2S2/c9-14(11,12)7-5-3-1-2-4-6(5)13-8(7)10/h1-4H. The lowest BCUT2D eigenvalue weighted by atomic mass is 10.3. The maximum absolute atomic E-state index is 11.3. The van der Waals surface area contributed by atoms with Crippen LogP contribution in [0.1, 0.15) is 0 Å². The zero-order valence-corrected chi connectivity index (χ0v) is 11.2. The van der Waals surface area contributed by atoms with Gasteiger partial charge in [0.1, 0.15) is 4.90 Å². The van der Waals surface area contributed by atoms with Crippen molar-refractivity contribution >= 4 is 63.7 Å². The summed E-state index contributed by atoms with van der Waals surface area (Å²) in [5.74, 6) is 0. The average Bonchev–Trinajstić information content (AvgIpc) is 2.38. The molecule has 2 aromatic rings. The molecular weight excluding hydrogens is 355 g/mol. The van der Waals surface area contributed by atoms with E-state index in [1.807, 2.05) is 34.7 Å². The first-order valence-corrected chi connectivity index (χ1v) is 7.82. The van der Waals surface area contributed by atoms with Crippen LogP contribution in [-0.2, 0) is 9.05 Å². The predicted molar refractivity (Wildman–Crippen MR) is 67.6 cm³/mol. The molecule has 0 spiro atoms. The van der Waals surface area contributed by atoms with E-state index in [-0.39, 0.29) is 4.90 Å². The number of halogens is 2. The van der Waals surface area contributed by atoms with Gasteiger partial charge >= 0.3 is 0 Å². The van der Waals surface area contributed by atoms with Crippen molar-refractivity contribution in [1.82, 2.24) is 0 Å². The summed E-state index contributed by atoms with van der Waals surface area (Å²) in [6.45, 7) is 0. The van der Waals surface area contributed by atoms with Gasteiger partial charge in [-0.3, -0.25) is 0 Å². The molecule has 0 fully saturated rings. The van der Waals surface area contributed by atoms with Gasteiger partial charge < -0.3 is 0 Å². The molecule has 0 aliphatic rings. The second kappa shape index (κ2) is 3.62. The van der Waals surface area contributed by atoms with Crippen LogP contribution in [0.15, 0.2) is 29.2 Å². The Hall–Kier alpha value is 0.150. The molecule has 74 valence electrons. The van der Waals surface area contributed by atoms with E-state index < -0.39 is 9.05 Å². The molecule has 0 bridgehead atoms. The number of benzene rings is 1. The van der Waals surface area contributed by atoms with Gasteiger partial charge in [0.25, 0.3) is 9.05 Å². The van der Waals surface area contributed by atoms with E-state index in [0.717, 1.165) is 4.70 Å². The van der Waals surface area contributed by atoms with Gasteiger partial charge in [-0.1, -0.05) is 18.2 Å². The third-order valence-electron chi connectivity index (χ3n) is 1.75. The molecule has 0 N–H and O–H groups in total. The summed E-state index contributed by atoms with van der Waals surface area (Å²) >= 11 is 3.42. The minimum Gasteiger partial charge on any atom is -0.207 e. The fourth-order valence-electron chi connectivity index (χ4n) is 1.22. The van der Waals surface area contributed by atoms with E-state index in [1.165, 1.54) is 11.3 Å². The van der Waals surface area contributed by atoms with Gasteiger partial charge in [0.2, 0.25) is 0 Å². The van der Waals surface area contributed by atoms with Crippen molar-refractivity contribution in [2.24, 2.45) is 0 Å². The second-order valence-electron chi connectivity index (χ2n) is 2.64. The number of hydrogen-bond acceptors (Lipinski definition) is 3. The number of rotatable bonds is 1. The molecule has 1 aromatic carbocycles. The Bertz CT molecular complexity index is 588. The van der Waals surface area contributed by atoms with Crippen LogP contribution in [0.5, 0.6) is 0 Å². The fourth-order valence-corrected chi connectivity index (χ4v) is 6.07. The summed E-state index contributed by atoms with van der Waals surface area (Å²) in [6, 6.07) is 7.33. The summed E-state index contributed by atoms with van der Waals surface area (Å²) in [6.07, 6.45) is 0. The largest absolute Gasteiger partial charge is 0.263 e. The van der Waals surface area contributed by atoms with E-state index in [1.54, 1.807) is 12.1 Å². The Morgan fingerprint density at radius 3 is 2.57 bits per heavy atom. The minimum atomic E-state index is -3.64. The van der Waals surface area contributed by atoms with Crippen molar-refractivity contribution in [2.45, 2.75) is 4.90 Å². The van der Waals surface area contributed by atoms with E-state index in [4.69, 9.17) is 10.7 Å². The van der Waals surface area contributed by atoms with Crippen molar-refractivity contribution in [2.75, 3.05) is 0 Å². The Kier molecular flexibility index (Phi) is 2.76. The van der Waals surface area contributed by atoms with Crippen LogP contribution in [-0.4, -0.2) is 8.42 Å². The highest BCUT2D eigenvalue weighted by Crippen LogP contribution is 2.36. The van der Waals surface area contributed by atoms with E-state index in [2.05, 4.69) is 0 Å². The molecule has 0 unspecified atom stereocenters. The van der Waals surface area contributed by atoms with E-state index >= 15 is 0 Å². The highest BCUT2D eigenvalue weighted by atomic mass is 127. The third kappa shape index (κ3) is 1.78. The van der Waals surface area contributed by atoms with Crippen LogP contribution in [0, 0.1) is 2.88 Å². The quantitative estimate of drug-likeness (QED) is 0.578. The molecule has 0 saturated carbocycles. The molecule has 6 heteroatoms. The van der Waals surface area contributed by atoms with Crippen LogP contribution >= 0.6 is 44.6 Å². The number of fused-ring (bicyclic) bond motifs is 1.